The van der Waals surface area contributed by atoms with Gasteiger partial charge in [0.2, 0.25) is 0 Å². The van der Waals surface area contributed by atoms with Crippen LogP contribution in [0.2, 0.25) is 0 Å². The molecule has 1 aliphatic rings. The van der Waals surface area contributed by atoms with Crippen LogP contribution in [0.4, 0.5) is 10.2 Å². The summed E-state index contributed by atoms with van der Waals surface area (Å²) in [4.78, 5) is 9.09. The largest absolute Gasteiger partial charge is 0.355 e. The minimum Gasteiger partial charge on any atom is -0.355 e. The molecule has 5 heteroatoms. The standard InChI is InChI=1S/C15H25FN4/c1-4-19(5-2)14-6-7-20(11-14)15-12(9-17-3)8-13(16)10-18-15/h8,10,14,17H,4-7,9,11H2,1-3H3. The summed E-state index contributed by atoms with van der Waals surface area (Å²) in [6.45, 7) is 9.19. The molecule has 4 nitrogen and oxygen atoms in total. The van der Waals surface area contributed by atoms with Gasteiger partial charge < -0.3 is 10.2 Å². The molecule has 1 fully saturated rings. The van der Waals surface area contributed by atoms with Crippen molar-refractivity contribution < 1.29 is 4.39 Å². The van der Waals surface area contributed by atoms with E-state index in [1.54, 1.807) is 6.07 Å². The average molecular weight is 280 g/mol. The van der Waals surface area contributed by atoms with E-state index in [2.05, 4.69) is 33.9 Å². The minimum atomic E-state index is -0.265. The fraction of sp³-hybridized carbons (Fsp3) is 0.667. The Labute approximate surface area is 121 Å². The molecule has 1 unspecified atom stereocenters. The molecule has 1 aromatic heterocycles. The first-order valence-corrected chi connectivity index (χ1v) is 7.47. The van der Waals surface area contributed by atoms with Crippen LogP contribution in [0, 0.1) is 5.82 Å². The topological polar surface area (TPSA) is 31.4 Å². The van der Waals surface area contributed by atoms with Crippen molar-refractivity contribution >= 4 is 5.82 Å². The molecule has 0 aliphatic carbocycles. The summed E-state index contributed by atoms with van der Waals surface area (Å²) >= 11 is 0. The van der Waals surface area contributed by atoms with E-state index in [-0.39, 0.29) is 5.82 Å². The predicted molar refractivity (Wildman–Crippen MR) is 80.5 cm³/mol. The molecular formula is C15H25FN4. The van der Waals surface area contributed by atoms with Crippen molar-refractivity contribution in [1.82, 2.24) is 15.2 Å². The SMILES string of the molecule is CCN(CC)C1CCN(c2ncc(F)cc2CNC)C1. The summed E-state index contributed by atoms with van der Waals surface area (Å²) in [5.41, 5.74) is 0.938. The summed E-state index contributed by atoms with van der Waals surface area (Å²) < 4.78 is 13.4. The van der Waals surface area contributed by atoms with E-state index in [4.69, 9.17) is 0 Å². The zero-order valence-electron chi connectivity index (χ0n) is 12.7. The van der Waals surface area contributed by atoms with E-state index in [0.29, 0.717) is 12.6 Å². The number of halogens is 1. The average Bonchev–Trinajstić information content (AvgIpc) is 2.90. The van der Waals surface area contributed by atoms with Gasteiger partial charge in [0.05, 0.1) is 6.20 Å². The Bertz CT molecular complexity index is 434. The van der Waals surface area contributed by atoms with E-state index in [1.807, 2.05) is 7.05 Å². The van der Waals surface area contributed by atoms with Crippen LogP contribution in [0.1, 0.15) is 25.8 Å². The van der Waals surface area contributed by atoms with E-state index in [1.165, 1.54) is 6.20 Å². The number of anilines is 1. The van der Waals surface area contributed by atoms with Crippen LogP contribution in [0.3, 0.4) is 0 Å². The normalized spacial score (nSPS) is 19.1. The van der Waals surface area contributed by atoms with Gasteiger partial charge in [-0.2, -0.15) is 0 Å². The van der Waals surface area contributed by atoms with Crippen molar-refractivity contribution in [3.05, 3.63) is 23.6 Å². The first-order chi connectivity index (χ1) is 9.69. The van der Waals surface area contributed by atoms with E-state index in [9.17, 15) is 4.39 Å². The monoisotopic (exact) mass is 280 g/mol. The zero-order chi connectivity index (χ0) is 14.5. The highest BCUT2D eigenvalue weighted by molar-refractivity contribution is 5.48. The summed E-state index contributed by atoms with van der Waals surface area (Å²) in [6, 6.07) is 2.17. The third-order valence-electron chi connectivity index (χ3n) is 4.07. The Hall–Kier alpha value is -1.20. The van der Waals surface area contributed by atoms with Crippen LogP contribution < -0.4 is 10.2 Å². The molecule has 0 aromatic carbocycles. The van der Waals surface area contributed by atoms with Crippen LogP contribution in [-0.4, -0.2) is 49.2 Å². The van der Waals surface area contributed by atoms with Crippen molar-refractivity contribution in [1.29, 1.82) is 0 Å². The highest BCUT2D eigenvalue weighted by atomic mass is 19.1. The molecule has 0 radical (unpaired) electrons. The van der Waals surface area contributed by atoms with Gasteiger partial charge in [-0.05, 0) is 32.6 Å². The molecule has 2 heterocycles. The Morgan fingerprint density at radius 3 is 2.85 bits per heavy atom. The van der Waals surface area contributed by atoms with Crippen molar-refractivity contribution in [2.45, 2.75) is 32.9 Å². The maximum atomic E-state index is 13.4. The third-order valence-corrected chi connectivity index (χ3v) is 4.07. The minimum absolute atomic E-state index is 0.265. The van der Waals surface area contributed by atoms with Crippen LogP contribution in [0.15, 0.2) is 12.3 Å². The van der Waals surface area contributed by atoms with Gasteiger partial charge in [0.15, 0.2) is 0 Å². The first-order valence-electron chi connectivity index (χ1n) is 7.47. The highest BCUT2D eigenvalue weighted by Gasteiger charge is 2.28. The summed E-state index contributed by atoms with van der Waals surface area (Å²) in [7, 11) is 1.87. The van der Waals surface area contributed by atoms with Crippen molar-refractivity contribution in [2.24, 2.45) is 0 Å². The molecular weight excluding hydrogens is 255 g/mol. The molecule has 2 rings (SSSR count). The molecule has 112 valence electrons. The van der Waals surface area contributed by atoms with Crippen LogP contribution >= 0.6 is 0 Å². The number of likely N-dealkylation sites (N-methyl/N-ethyl adjacent to an activating group) is 1. The van der Waals surface area contributed by atoms with Crippen molar-refractivity contribution in [3.8, 4) is 0 Å². The van der Waals surface area contributed by atoms with Gasteiger partial charge in [-0.15, -0.1) is 0 Å². The molecule has 1 aromatic rings. The molecule has 1 saturated heterocycles. The van der Waals surface area contributed by atoms with Gasteiger partial charge in [-0.1, -0.05) is 13.8 Å². The number of hydrogen-bond acceptors (Lipinski definition) is 4. The number of nitrogens with zero attached hydrogens (tertiary/aromatic N) is 3. The van der Waals surface area contributed by atoms with Crippen LogP contribution in [0.5, 0.6) is 0 Å². The molecule has 20 heavy (non-hydrogen) atoms. The summed E-state index contributed by atoms with van der Waals surface area (Å²) in [5, 5.41) is 3.09. The summed E-state index contributed by atoms with van der Waals surface area (Å²) in [5.74, 6) is 0.661. The second-order valence-electron chi connectivity index (χ2n) is 5.28. The third kappa shape index (κ3) is 3.27. The van der Waals surface area contributed by atoms with Gasteiger partial charge in [0.1, 0.15) is 11.6 Å². The second kappa shape index (κ2) is 6.99. The van der Waals surface area contributed by atoms with Gasteiger partial charge >= 0.3 is 0 Å². The fourth-order valence-corrected chi connectivity index (χ4v) is 3.05. The quantitative estimate of drug-likeness (QED) is 0.862. The molecule has 0 spiro atoms. The molecule has 0 bridgehead atoms. The fourth-order valence-electron chi connectivity index (χ4n) is 3.05. The van der Waals surface area contributed by atoms with E-state index < -0.39 is 0 Å². The predicted octanol–water partition coefficient (Wildman–Crippen LogP) is 1.86. The lowest BCUT2D eigenvalue weighted by atomic mass is 10.2. The Morgan fingerprint density at radius 1 is 1.45 bits per heavy atom. The molecule has 1 N–H and O–H groups in total. The van der Waals surface area contributed by atoms with Crippen molar-refractivity contribution in [3.63, 3.8) is 0 Å². The number of rotatable bonds is 6. The van der Waals surface area contributed by atoms with Gasteiger partial charge in [-0.25, -0.2) is 9.37 Å². The Morgan fingerprint density at radius 2 is 2.20 bits per heavy atom. The Kier molecular flexibility index (Phi) is 5.31. The number of nitrogens with one attached hydrogen (secondary N) is 1. The smallest absolute Gasteiger partial charge is 0.141 e. The molecule has 0 amide bonds. The summed E-state index contributed by atoms with van der Waals surface area (Å²) in [6.07, 6.45) is 2.47. The number of aromatic nitrogens is 1. The van der Waals surface area contributed by atoms with Crippen molar-refractivity contribution in [2.75, 3.05) is 38.1 Å². The lowest BCUT2D eigenvalue weighted by molar-refractivity contribution is 0.232. The maximum absolute atomic E-state index is 13.4. The first kappa shape index (κ1) is 15.2. The zero-order valence-corrected chi connectivity index (χ0v) is 12.7. The second-order valence-corrected chi connectivity index (χ2v) is 5.28. The number of pyridine rings is 1. The van der Waals surface area contributed by atoms with Crippen LogP contribution in [-0.2, 0) is 6.54 Å². The number of hydrogen-bond donors (Lipinski definition) is 1. The van der Waals surface area contributed by atoms with Crippen LogP contribution in [0.25, 0.3) is 0 Å². The Balaban J connectivity index is 2.13. The van der Waals surface area contributed by atoms with E-state index >= 15 is 0 Å². The van der Waals surface area contributed by atoms with E-state index in [0.717, 1.165) is 44.0 Å². The lowest BCUT2D eigenvalue weighted by Gasteiger charge is -2.27. The molecule has 1 aliphatic heterocycles. The van der Waals surface area contributed by atoms with Gasteiger partial charge in [0, 0.05) is 31.2 Å². The molecule has 0 saturated carbocycles. The highest BCUT2D eigenvalue weighted by Crippen LogP contribution is 2.25. The molecule has 1 atom stereocenters. The maximum Gasteiger partial charge on any atom is 0.141 e. The van der Waals surface area contributed by atoms with Gasteiger partial charge in [-0.3, -0.25) is 4.90 Å². The van der Waals surface area contributed by atoms with Gasteiger partial charge in [0.25, 0.3) is 0 Å². The lowest BCUT2D eigenvalue weighted by Crippen LogP contribution is -2.37.